The summed E-state index contributed by atoms with van der Waals surface area (Å²) in [5.41, 5.74) is 3.83. The Morgan fingerprint density at radius 1 is 0.903 bits per heavy atom. The first-order valence-electron chi connectivity index (χ1n) is 9.56. The molecule has 0 aliphatic rings. The number of hydrogen-bond donors (Lipinski definition) is 2. The second-order valence-corrected chi connectivity index (χ2v) is 6.85. The second-order valence-electron chi connectivity index (χ2n) is 6.85. The lowest BCUT2D eigenvalue weighted by atomic mass is 10.1. The van der Waals surface area contributed by atoms with E-state index >= 15 is 0 Å². The van der Waals surface area contributed by atoms with Crippen LogP contribution in [0, 0.1) is 4.91 Å². The number of phenolic OH excluding ortho intramolecular Hbond substituents is 1. The zero-order chi connectivity index (χ0) is 21.6. The van der Waals surface area contributed by atoms with Crippen molar-refractivity contribution in [3.8, 4) is 28.3 Å². The molecule has 4 aromatic rings. The molecule has 152 valence electrons. The number of phenols is 1. The van der Waals surface area contributed by atoms with Gasteiger partial charge in [-0.15, -0.1) is 4.91 Å². The molecular weight excluding hydrogens is 392 g/mol. The van der Waals surface area contributed by atoms with E-state index in [1.807, 2.05) is 30.3 Å². The van der Waals surface area contributed by atoms with Crippen molar-refractivity contribution in [2.24, 2.45) is 5.18 Å². The van der Waals surface area contributed by atoms with Gasteiger partial charge in [-0.2, -0.15) is 0 Å². The van der Waals surface area contributed by atoms with Gasteiger partial charge in [0, 0.05) is 11.1 Å². The summed E-state index contributed by atoms with van der Waals surface area (Å²) in [4.78, 5) is 32.4. The minimum absolute atomic E-state index is 0.137. The molecule has 0 aliphatic heterocycles. The standard InChI is InChI=1S/C24H18N4O3/c29-20-12-6-16(7-13-20)14-22(30)27-24-23(18-4-2-1-3-5-18)26-21(15-25-24)17-8-10-19(28-31)11-9-17/h1-13,15,29H,14H2,(H,25,27,30). The number of nitrogens with one attached hydrogen (secondary N) is 1. The molecule has 1 heterocycles. The summed E-state index contributed by atoms with van der Waals surface area (Å²) in [6.45, 7) is 0. The van der Waals surface area contributed by atoms with Gasteiger partial charge in [-0.3, -0.25) is 4.79 Å². The van der Waals surface area contributed by atoms with Crippen LogP contribution in [-0.4, -0.2) is 21.0 Å². The third-order valence-electron chi connectivity index (χ3n) is 4.65. The van der Waals surface area contributed by atoms with Gasteiger partial charge in [-0.05, 0) is 35.0 Å². The van der Waals surface area contributed by atoms with Crippen molar-refractivity contribution in [2.75, 3.05) is 5.32 Å². The molecule has 0 atom stereocenters. The van der Waals surface area contributed by atoms with Gasteiger partial charge in [0.05, 0.1) is 18.3 Å². The molecule has 31 heavy (non-hydrogen) atoms. The summed E-state index contributed by atoms with van der Waals surface area (Å²) in [6, 6.07) is 22.6. The summed E-state index contributed by atoms with van der Waals surface area (Å²) in [6.07, 6.45) is 1.71. The Labute approximate surface area is 178 Å². The maximum Gasteiger partial charge on any atom is 0.230 e. The highest BCUT2D eigenvalue weighted by molar-refractivity contribution is 5.94. The fraction of sp³-hybridized carbons (Fsp3) is 0.0417. The number of carbonyl (C=O) groups excluding carboxylic acids is 1. The van der Waals surface area contributed by atoms with Crippen LogP contribution in [0.5, 0.6) is 5.75 Å². The topological polar surface area (TPSA) is 105 Å². The number of hydrogen-bond acceptors (Lipinski definition) is 6. The van der Waals surface area contributed by atoms with Gasteiger partial charge in [-0.1, -0.05) is 54.6 Å². The van der Waals surface area contributed by atoms with E-state index in [4.69, 9.17) is 4.98 Å². The molecule has 4 rings (SSSR count). The van der Waals surface area contributed by atoms with Gasteiger partial charge < -0.3 is 10.4 Å². The maximum atomic E-state index is 12.6. The second kappa shape index (κ2) is 8.96. The summed E-state index contributed by atoms with van der Waals surface area (Å²) in [5.74, 6) is 0.255. The molecule has 3 aromatic carbocycles. The highest BCUT2D eigenvalue weighted by Crippen LogP contribution is 2.28. The Kier molecular flexibility index (Phi) is 5.75. The monoisotopic (exact) mass is 410 g/mol. The highest BCUT2D eigenvalue weighted by Gasteiger charge is 2.14. The fourth-order valence-corrected chi connectivity index (χ4v) is 3.09. The molecule has 0 radical (unpaired) electrons. The molecule has 1 amide bonds. The Hall–Kier alpha value is -4.39. The average Bonchev–Trinajstić information content (AvgIpc) is 2.81. The van der Waals surface area contributed by atoms with Crippen LogP contribution in [0.1, 0.15) is 5.56 Å². The van der Waals surface area contributed by atoms with E-state index in [0.29, 0.717) is 22.9 Å². The van der Waals surface area contributed by atoms with Crippen molar-refractivity contribution in [3.05, 3.63) is 95.5 Å². The summed E-state index contributed by atoms with van der Waals surface area (Å²) in [7, 11) is 0. The molecule has 7 heteroatoms. The molecule has 0 fully saturated rings. The number of carbonyl (C=O) groups is 1. The number of aromatic nitrogens is 2. The molecule has 0 saturated carbocycles. The lowest BCUT2D eigenvalue weighted by Gasteiger charge is -2.12. The number of amides is 1. The number of aromatic hydroxyl groups is 1. The van der Waals surface area contributed by atoms with Crippen LogP contribution >= 0.6 is 0 Å². The van der Waals surface area contributed by atoms with E-state index in [1.54, 1.807) is 42.6 Å². The van der Waals surface area contributed by atoms with Gasteiger partial charge in [0.15, 0.2) is 5.82 Å². The third-order valence-corrected chi connectivity index (χ3v) is 4.65. The minimum Gasteiger partial charge on any atom is -0.508 e. The number of nitrogens with zero attached hydrogens (tertiary/aromatic N) is 3. The lowest BCUT2D eigenvalue weighted by molar-refractivity contribution is -0.115. The molecule has 1 aromatic heterocycles. The van der Waals surface area contributed by atoms with Crippen LogP contribution < -0.4 is 5.32 Å². The summed E-state index contributed by atoms with van der Waals surface area (Å²) < 4.78 is 0. The zero-order valence-corrected chi connectivity index (χ0v) is 16.4. The van der Waals surface area contributed by atoms with Gasteiger partial charge >= 0.3 is 0 Å². The first-order chi connectivity index (χ1) is 15.1. The Morgan fingerprint density at radius 3 is 2.29 bits per heavy atom. The number of benzene rings is 3. The van der Waals surface area contributed by atoms with Crippen LogP contribution in [0.2, 0.25) is 0 Å². The Morgan fingerprint density at radius 2 is 1.61 bits per heavy atom. The summed E-state index contributed by atoms with van der Waals surface area (Å²) >= 11 is 0. The average molecular weight is 410 g/mol. The zero-order valence-electron chi connectivity index (χ0n) is 16.4. The first kappa shape index (κ1) is 19.9. The van der Waals surface area contributed by atoms with E-state index < -0.39 is 0 Å². The van der Waals surface area contributed by atoms with E-state index in [-0.39, 0.29) is 18.1 Å². The van der Waals surface area contributed by atoms with Crippen molar-refractivity contribution >= 4 is 17.4 Å². The molecule has 0 bridgehead atoms. The quantitative estimate of drug-likeness (QED) is 0.431. The van der Waals surface area contributed by atoms with Crippen LogP contribution in [0.25, 0.3) is 22.5 Å². The lowest BCUT2D eigenvalue weighted by Crippen LogP contribution is -2.16. The van der Waals surface area contributed by atoms with E-state index in [2.05, 4.69) is 15.5 Å². The molecule has 7 nitrogen and oxygen atoms in total. The number of rotatable bonds is 6. The van der Waals surface area contributed by atoms with Crippen molar-refractivity contribution in [1.29, 1.82) is 0 Å². The third kappa shape index (κ3) is 4.79. The normalized spacial score (nSPS) is 10.5. The number of anilines is 1. The van der Waals surface area contributed by atoms with Crippen LogP contribution in [0.3, 0.4) is 0 Å². The molecule has 0 spiro atoms. The predicted molar refractivity (Wildman–Crippen MR) is 119 cm³/mol. The fourth-order valence-electron chi connectivity index (χ4n) is 3.09. The van der Waals surface area contributed by atoms with E-state index in [0.717, 1.165) is 16.7 Å². The van der Waals surface area contributed by atoms with Crippen LogP contribution in [0.4, 0.5) is 11.5 Å². The maximum absolute atomic E-state index is 12.6. The molecule has 2 N–H and O–H groups in total. The van der Waals surface area contributed by atoms with Crippen molar-refractivity contribution in [1.82, 2.24) is 9.97 Å². The Bertz CT molecular complexity index is 1210. The highest BCUT2D eigenvalue weighted by atomic mass is 16.3. The van der Waals surface area contributed by atoms with Gasteiger partial charge in [-0.25, -0.2) is 9.97 Å². The predicted octanol–water partition coefficient (Wildman–Crippen LogP) is 5.10. The van der Waals surface area contributed by atoms with Gasteiger partial charge in [0.25, 0.3) is 0 Å². The SMILES string of the molecule is O=Nc1ccc(-c2cnc(NC(=O)Cc3ccc(O)cc3)c(-c3ccccc3)n2)cc1. The molecule has 0 unspecified atom stereocenters. The van der Waals surface area contributed by atoms with E-state index in [9.17, 15) is 14.8 Å². The molecule has 0 aliphatic carbocycles. The van der Waals surface area contributed by atoms with E-state index in [1.165, 1.54) is 12.1 Å². The van der Waals surface area contributed by atoms with Crippen LogP contribution in [-0.2, 0) is 11.2 Å². The molecule has 0 saturated heterocycles. The Balaban J connectivity index is 1.65. The van der Waals surface area contributed by atoms with Crippen molar-refractivity contribution in [2.45, 2.75) is 6.42 Å². The van der Waals surface area contributed by atoms with Gasteiger partial charge in [0.1, 0.15) is 17.1 Å². The first-order valence-corrected chi connectivity index (χ1v) is 9.56. The van der Waals surface area contributed by atoms with Crippen molar-refractivity contribution in [3.63, 3.8) is 0 Å². The van der Waals surface area contributed by atoms with Crippen LogP contribution in [0.15, 0.2) is 90.2 Å². The minimum atomic E-state index is -0.244. The van der Waals surface area contributed by atoms with Gasteiger partial charge in [0.2, 0.25) is 5.91 Å². The largest absolute Gasteiger partial charge is 0.508 e. The summed E-state index contributed by atoms with van der Waals surface area (Å²) in [5, 5.41) is 15.1. The smallest absolute Gasteiger partial charge is 0.230 e. The van der Waals surface area contributed by atoms with Crippen molar-refractivity contribution < 1.29 is 9.90 Å². The molecular formula is C24H18N4O3. The number of nitroso groups, excluding NO2 is 1.